The molecule has 0 fully saturated rings. The number of aromatic nitrogens is 3. The van der Waals surface area contributed by atoms with E-state index in [1.165, 1.54) is 6.07 Å². The Morgan fingerprint density at radius 1 is 1.09 bits per heavy atom. The number of pyridine rings is 1. The third-order valence-corrected chi connectivity index (χ3v) is 5.33. The smallest absolute Gasteiger partial charge is 0.224 e. The van der Waals surface area contributed by atoms with Crippen LogP contribution in [-0.4, -0.2) is 34.3 Å². The lowest BCUT2D eigenvalue weighted by Crippen LogP contribution is -2.28. The van der Waals surface area contributed by atoms with Gasteiger partial charge in [0.1, 0.15) is 17.3 Å². The van der Waals surface area contributed by atoms with Gasteiger partial charge in [-0.15, -0.1) is 0 Å². The Morgan fingerprint density at radius 3 is 2.64 bits per heavy atom. The molecule has 0 bridgehead atoms. The topological polar surface area (TPSA) is 69.0 Å². The number of nitrogens with one attached hydrogen (secondary N) is 1. The summed E-state index contributed by atoms with van der Waals surface area (Å²) in [5, 5.41) is 7.55. The first-order chi connectivity index (χ1) is 16.0. The fourth-order valence-electron chi connectivity index (χ4n) is 3.72. The number of carbonyl (C=O) groups excluding carboxylic acids is 1. The van der Waals surface area contributed by atoms with E-state index >= 15 is 0 Å². The minimum atomic E-state index is -0.335. The number of rotatable bonds is 8. The van der Waals surface area contributed by atoms with Crippen LogP contribution in [0.25, 0.3) is 22.4 Å². The average Bonchev–Trinajstić information content (AvgIpc) is 3.24. The summed E-state index contributed by atoms with van der Waals surface area (Å²) in [4.78, 5) is 16.6. The third-order valence-electron chi connectivity index (χ3n) is 5.33. The molecule has 0 aliphatic heterocycles. The van der Waals surface area contributed by atoms with E-state index in [1.807, 2.05) is 43.5 Å². The highest BCUT2D eigenvalue weighted by Crippen LogP contribution is 2.32. The van der Waals surface area contributed by atoms with Crippen molar-refractivity contribution < 1.29 is 13.9 Å². The molecule has 6 nitrogen and oxygen atoms in total. The molecule has 168 valence electrons. The van der Waals surface area contributed by atoms with E-state index in [2.05, 4.69) is 15.4 Å². The summed E-state index contributed by atoms with van der Waals surface area (Å²) in [5.74, 6) is 0.257. The van der Waals surface area contributed by atoms with E-state index in [4.69, 9.17) is 4.74 Å². The zero-order valence-electron chi connectivity index (χ0n) is 18.6. The second-order valence-corrected chi connectivity index (χ2v) is 7.71. The van der Waals surface area contributed by atoms with Gasteiger partial charge >= 0.3 is 0 Å². The van der Waals surface area contributed by atoms with Crippen molar-refractivity contribution in [2.75, 3.05) is 13.7 Å². The predicted molar refractivity (Wildman–Crippen MR) is 125 cm³/mol. The number of ether oxygens (including phenoxy) is 1. The quantitative estimate of drug-likeness (QED) is 0.437. The van der Waals surface area contributed by atoms with E-state index in [-0.39, 0.29) is 18.1 Å². The molecule has 0 radical (unpaired) electrons. The Kier molecular flexibility index (Phi) is 6.78. The molecule has 4 rings (SSSR count). The van der Waals surface area contributed by atoms with E-state index in [9.17, 15) is 9.18 Å². The fourth-order valence-corrected chi connectivity index (χ4v) is 3.72. The van der Waals surface area contributed by atoms with Gasteiger partial charge in [-0.1, -0.05) is 29.8 Å². The highest BCUT2D eigenvalue weighted by Gasteiger charge is 2.16. The fraction of sp³-hybridized carbons (Fsp3) is 0.192. The first-order valence-electron chi connectivity index (χ1n) is 10.7. The highest BCUT2D eigenvalue weighted by molar-refractivity contribution is 5.81. The zero-order chi connectivity index (χ0) is 23.2. The van der Waals surface area contributed by atoms with Crippen molar-refractivity contribution >= 4 is 5.91 Å². The molecule has 2 aromatic heterocycles. The molecule has 4 aromatic rings. The van der Waals surface area contributed by atoms with Crippen molar-refractivity contribution in [3.63, 3.8) is 0 Å². The maximum Gasteiger partial charge on any atom is 0.224 e. The molecule has 0 saturated carbocycles. The first-order valence-corrected chi connectivity index (χ1v) is 10.7. The number of hydrogen-bond donors (Lipinski definition) is 1. The molecule has 0 atom stereocenters. The Bertz CT molecular complexity index is 1250. The summed E-state index contributed by atoms with van der Waals surface area (Å²) < 4.78 is 21.6. The maximum atomic E-state index is 14.5. The summed E-state index contributed by atoms with van der Waals surface area (Å²) in [5.41, 5.74) is 4.59. The van der Waals surface area contributed by atoms with Crippen LogP contribution in [0.1, 0.15) is 11.1 Å². The maximum absolute atomic E-state index is 14.5. The van der Waals surface area contributed by atoms with Crippen LogP contribution in [0, 0.1) is 12.7 Å². The van der Waals surface area contributed by atoms with E-state index in [0.29, 0.717) is 30.1 Å². The van der Waals surface area contributed by atoms with Crippen LogP contribution in [0.3, 0.4) is 0 Å². The van der Waals surface area contributed by atoms with Crippen LogP contribution in [-0.2, 0) is 17.8 Å². The van der Waals surface area contributed by atoms with Gasteiger partial charge in [-0.05, 0) is 42.8 Å². The summed E-state index contributed by atoms with van der Waals surface area (Å²) >= 11 is 0. The summed E-state index contributed by atoms with van der Waals surface area (Å²) in [7, 11) is 1.59. The van der Waals surface area contributed by atoms with Gasteiger partial charge < -0.3 is 10.1 Å². The number of aryl methyl sites for hydroxylation is 1. The Hall–Kier alpha value is -4.00. The minimum absolute atomic E-state index is 0.102. The minimum Gasteiger partial charge on any atom is -0.496 e. The largest absolute Gasteiger partial charge is 0.496 e. The monoisotopic (exact) mass is 444 g/mol. The van der Waals surface area contributed by atoms with Crippen molar-refractivity contribution in [1.29, 1.82) is 0 Å². The van der Waals surface area contributed by atoms with Crippen LogP contribution in [0.4, 0.5) is 4.39 Å². The molecule has 0 spiro atoms. The van der Waals surface area contributed by atoms with Crippen LogP contribution >= 0.6 is 0 Å². The predicted octanol–water partition coefficient (Wildman–Crippen LogP) is 4.43. The molecule has 2 heterocycles. The summed E-state index contributed by atoms with van der Waals surface area (Å²) in [6.07, 6.45) is 5.48. The van der Waals surface area contributed by atoms with Crippen LogP contribution in [0.2, 0.25) is 0 Å². The van der Waals surface area contributed by atoms with E-state index in [1.54, 1.807) is 42.4 Å². The number of halogens is 1. The Morgan fingerprint density at radius 2 is 1.88 bits per heavy atom. The molecule has 1 N–H and O–H groups in total. The standard InChI is InChI=1S/C26H25FN4O2/c1-18-7-8-24(33-2)20(15-18)16-25(32)29-13-14-31-17-22(19-9-11-28-12-10-19)26(30-31)21-5-3-4-6-23(21)27/h3-12,15,17H,13-14,16H2,1-2H3,(H,29,32). The second-order valence-electron chi connectivity index (χ2n) is 7.71. The molecule has 7 heteroatoms. The molecular weight excluding hydrogens is 419 g/mol. The van der Waals surface area contributed by atoms with Gasteiger partial charge in [0.05, 0.1) is 20.1 Å². The lowest BCUT2D eigenvalue weighted by Gasteiger charge is -2.10. The number of amides is 1. The van der Waals surface area contributed by atoms with Crippen molar-refractivity contribution in [1.82, 2.24) is 20.1 Å². The van der Waals surface area contributed by atoms with Crippen LogP contribution < -0.4 is 10.1 Å². The summed E-state index contributed by atoms with van der Waals surface area (Å²) in [6.45, 7) is 2.82. The average molecular weight is 445 g/mol. The van der Waals surface area contributed by atoms with Gasteiger partial charge in [0.25, 0.3) is 0 Å². The highest BCUT2D eigenvalue weighted by atomic mass is 19.1. The van der Waals surface area contributed by atoms with Crippen molar-refractivity contribution in [3.8, 4) is 28.1 Å². The van der Waals surface area contributed by atoms with Crippen molar-refractivity contribution in [2.45, 2.75) is 19.9 Å². The van der Waals surface area contributed by atoms with Crippen molar-refractivity contribution in [3.05, 3.63) is 90.1 Å². The van der Waals surface area contributed by atoms with Gasteiger partial charge in [0.15, 0.2) is 0 Å². The molecule has 0 aliphatic rings. The Labute approximate surface area is 192 Å². The van der Waals surface area contributed by atoms with E-state index < -0.39 is 0 Å². The number of benzene rings is 2. The number of hydrogen-bond acceptors (Lipinski definition) is 4. The second kappa shape index (κ2) is 10.1. The molecule has 0 unspecified atom stereocenters. The molecule has 0 saturated heterocycles. The van der Waals surface area contributed by atoms with Gasteiger partial charge in [0.2, 0.25) is 5.91 Å². The van der Waals surface area contributed by atoms with Crippen LogP contribution in [0.15, 0.2) is 73.2 Å². The SMILES string of the molecule is COc1ccc(C)cc1CC(=O)NCCn1cc(-c2ccncc2)c(-c2ccccc2F)n1. The van der Waals surface area contributed by atoms with E-state index in [0.717, 1.165) is 22.3 Å². The lowest BCUT2D eigenvalue weighted by molar-refractivity contribution is -0.120. The van der Waals surface area contributed by atoms with Gasteiger partial charge in [-0.25, -0.2) is 4.39 Å². The van der Waals surface area contributed by atoms with Crippen LogP contribution in [0.5, 0.6) is 5.75 Å². The number of nitrogens with zero attached hydrogens (tertiary/aromatic N) is 3. The molecule has 2 aromatic carbocycles. The van der Waals surface area contributed by atoms with Gasteiger partial charge in [-0.3, -0.25) is 14.5 Å². The van der Waals surface area contributed by atoms with Gasteiger partial charge in [0, 0.05) is 41.8 Å². The number of methoxy groups -OCH3 is 1. The third kappa shape index (κ3) is 5.26. The molecular formula is C26H25FN4O2. The molecule has 0 aliphatic carbocycles. The first kappa shape index (κ1) is 22.2. The van der Waals surface area contributed by atoms with Crippen molar-refractivity contribution in [2.24, 2.45) is 0 Å². The lowest BCUT2D eigenvalue weighted by atomic mass is 10.0. The summed E-state index contributed by atoms with van der Waals surface area (Å²) in [6, 6.07) is 16.1. The zero-order valence-corrected chi connectivity index (χ0v) is 18.6. The molecule has 33 heavy (non-hydrogen) atoms. The number of carbonyl (C=O) groups is 1. The molecule has 1 amide bonds. The normalized spacial score (nSPS) is 10.8. The Balaban J connectivity index is 1.48. The van der Waals surface area contributed by atoms with Gasteiger partial charge in [-0.2, -0.15) is 5.10 Å².